The molecule has 2 saturated carbocycles. The highest BCUT2D eigenvalue weighted by Gasteiger charge is 2.38. The van der Waals surface area contributed by atoms with Gasteiger partial charge in [-0.25, -0.2) is 4.79 Å². The highest BCUT2D eigenvalue weighted by Crippen LogP contribution is 2.29. The molecule has 1 heterocycles. The highest BCUT2D eigenvalue weighted by molar-refractivity contribution is 6.00. The molecule has 0 aromatic carbocycles. The maximum Gasteiger partial charge on any atom is 0.327 e. The highest BCUT2D eigenvalue weighted by atomic mass is 16.2. The van der Waals surface area contributed by atoms with Crippen LogP contribution in [-0.2, 0) is 9.59 Å². The zero-order chi connectivity index (χ0) is 16.2. The molecule has 0 bridgehead atoms. The number of nitrogens with zero attached hydrogens (tertiary/aromatic N) is 2. The molecule has 3 rings (SSSR count). The number of carbonyl (C=O) groups is 3. The number of urea groups is 1. The second-order valence-electron chi connectivity index (χ2n) is 7.30. The Labute approximate surface area is 138 Å². The number of ketones is 1. The van der Waals surface area contributed by atoms with E-state index in [2.05, 4.69) is 0 Å². The van der Waals surface area contributed by atoms with Crippen molar-refractivity contribution >= 4 is 17.7 Å². The molecule has 3 aliphatic rings. The van der Waals surface area contributed by atoms with E-state index in [1.54, 1.807) is 4.90 Å². The Morgan fingerprint density at radius 1 is 0.696 bits per heavy atom. The van der Waals surface area contributed by atoms with Gasteiger partial charge in [-0.1, -0.05) is 38.5 Å². The molecule has 5 heteroatoms. The normalized spacial score (nSPS) is 26.3. The fourth-order valence-corrected chi connectivity index (χ4v) is 4.33. The number of hydrogen-bond donors (Lipinski definition) is 0. The molecule has 0 radical (unpaired) electrons. The number of hydrogen-bond acceptors (Lipinski definition) is 3. The number of amides is 3. The van der Waals surface area contributed by atoms with Crippen LogP contribution in [-0.4, -0.2) is 46.1 Å². The van der Waals surface area contributed by atoms with Crippen molar-refractivity contribution in [3.8, 4) is 0 Å². The molecule has 2 aliphatic carbocycles. The number of imide groups is 1. The molecule has 5 nitrogen and oxygen atoms in total. The zero-order valence-corrected chi connectivity index (χ0v) is 14.0. The van der Waals surface area contributed by atoms with Gasteiger partial charge >= 0.3 is 6.03 Å². The van der Waals surface area contributed by atoms with E-state index in [9.17, 15) is 14.4 Å². The lowest BCUT2D eigenvalue weighted by molar-refractivity contribution is -0.135. The maximum absolute atomic E-state index is 13.1. The molecule has 0 atom stereocenters. The Hall–Kier alpha value is -1.39. The Bertz CT molecular complexity index is 465. The molecule has 0 aromatic heterocycles. The van der Waals surface area contributed by atoms with Crippen molar-refractivity contribution in [1.29, 1.82) is 0 Å². The Morgan fingerprint density at radius 2 is 1.26 bits per heavy atom. The molecule has 1 aliphatic heterocycles. The minimum absolute atomic E-state index is 0.0283. The summed E-state index contributed by atoms with van der Waals surface area (Å²) in [7, 11) is 0. The SMILES string of the molecule is O=C1CCC(=O)N(C2CCCCC2)C(=O)N(C2CCCCC2)C1. The van der Waals surface area contributed by atoms with Crippen molar-refractivity contribution in [2.24, 2.45) is 0 Å². The quantitative estimate of drug-likeness (QED) is 0.784. The van der Waals surface area contributed by atoms with Gasteiger partial charge in [-0.05, 0) is 25.7 Å². The van der Waals surface area contributed by atoms with E-state index in [4.69, 9.17) is 0 Å². The first-order chi connectivity index (χ1) is 11.2. The average Bonchev–Trinajstić information content (AvgIpc) is 2.59. The van der Waals surface area contributed by atoms with Gasteiger partial charge in [-0.15, -0.1) is 0 Å². The van der Waals surface area contributed by atoms with Crippen molar-refractivity contribution < 1.29 is 14.4 Å². The monoisotopic (exact) mass is 320 g/mol. The Morgan fingerprint density at radius 3 is 1.87 bits per heavy atom. The Balaban J connectivity index is 1.82. The minimum atomic E-state index is -0.193. The van der Waals surface area contributed by atoms with Crippen molar-refractivity contribution in [1.82, 2.24) is 9.80 Å². The maximum atomic E-state index is 13.1. The van der Waals surface area contributed by atoms with E-state index >= 15 is 0 Å². The van der Waals surface area contributed by atoms with Crippen LogP contribution in [0.4, 0.5) is 4.79 Å². The third-order valence-electron chi connectivity index (χ3n) is 5.64. The lowest BCUT2D eigenvalue weighted by Crippen LogP contribution is -2.57. The summed E-state index contributed by atoms with van der Waals surface area (Å²) in [6, 6.07) is -0.0120. The molecule has 128 valence electrons. The smallest absolute Gasteiger partial charge is 0.314 e. The van der Waals surface area contributed by atoms with Crippen LogP contribution in [0.5, 0.6) is 0 Å². The van der Waals surface area contributed by atoms with Crippen molar-refractivity contribution in [3.05, 3.63) is 0 Å². The second kappa shape index (κ2) is 7.45. The predicted octanol–water partition coefficient (Wildman–Crippen LogP) is 3.27. The summed E-state index contributed by atoms with van der Waals surface area (Å²) in [5.74, 6) is -0.115. The van der Waals surface area contributed by atoms with Gasteiger partial charge < -0.3 is 4.90 Å². The van der Waals surface area contributed by atoms with E-state index in [-0.39, 0.29) is 49.2 Å². The van der Waals surface area contributed by atoms with Crippen molar-refractivity contribution in [3.63, 3.8) is 0 Å². The molecule has 0 spiro atoms. The number of rotatable bonds is 2. The molecule has 23 heavy (non-hydrogen) atoms. The summed E-state index contributed by atoms with van der Waals surface area (Å²) in [6.07, 6.45) is 11.0. The predicted molar refractivity (Wildman–Crippen MR) is 86.9 cm³/mol. The van der Waals surface area contributed by atoms with Gasteiger partial charge in [-0.3, -0.25) is 14.5 Å². The standard InChI is InChI=1S/C18H28N2O3/c21-16-11-12-17(22)20(15-9-5-2-6-10-15)18(23)19(13-16)14-7-3-1-4-8-14/h14-15H,1-13H2. The summed E-state index contributed by atoms with van der Waals surface area (Å²) < 4.78 is 0. The van der Waals surface area contributed by atoms with Crippen LogP contribution in [0.2, 0.25) is 0 Å². The summed E-state index contributed by atoms with van der Waals surface area (Å²) >= 11 is 0. The van der Waals surface area contributed by atoms with Crippen LogP contribution in [0.1, 0.15) is 77.0 Å². The first-order valence-electron chi connectivity index (χ1n) is 9.31. The average molecular weight is 320 g/mol. The third-order valence-corrected chi connectivity index (χ3v) is 5.64. The number of Topliss-reactive ketones (excluding diaryl/α,β-unsaturated/α-hetero) is 1. The van der Waals surface area contributed by atoms with Gasteiger partial charge in [0.15, 0.2) is 5.78 Å². The molecule has 1 saturated heterocycles. The van der Waals surface area contributed by atoms with Crippen LogP contribution in [0, 0.1) is 0 Å². The summed E-state index contributed by atoms with van der Waals surface area (Å²) in [5, 5.41) is 0. The van der Waals surface area contributed by atoms with Gasteiger partial charge in [0.05, 0.1) is 6.54 Å². The van der Waals surface area contributed by atoms with Crippen molar-refractivity contribution in [2.75, 3.05) is 6.54 Å². The molecular weight excluding hydrogens is 292 g/mol. The van der Waals surface area contributed by atoms with E-state index in [0.29, 0.717) is 0 Å². The van der Waals surface area contributed by atoms with Crippen LogP contribution in [0.25, 0.3) is 0 Å². The van der Waals surface area contributed by atoms with Gasteiger partial charge in [-0.2, -0.15) is 0 Å². The molecular formula is C18H28N2O3. The van der Waals surface area contributed by atoms with E-state index in [1.807, 2.05) is 0 Å². The van der Waals surface area contributed by atoms with Crippen LogP contribution < -0.4 is 0 Å². The molecule has 0 unspecified atom stereocenters. The van der Waals surface area contributed by atoms with E-state index in [1.165, 1.54) is 17.7 Å². The summed E-state index contributed by atoms with van der Waals surface area (Å²) in [4.78, 5) is 41.1. The summed E-state index contributed by atoms with van der Waals surface area (Å²) in [5.41, 5.74) is 0. The fourth-order valence-electron chi connectivity index (χ4n) is 4.33. The molecule has 0 aromatic rings. The van der Waals surface area contributed by atoms with Crippen LogP contribution in [0.15, 0.2) is 0 Å². The lowest BCUT2D eigenvalue weighted by Gasteiger charge is -2.41. The van der Waals surface area contributed by atoms with Gasteiger partial charge in [0.25, 0.3) is 0 Å². The first-order valence-corrected chi connectivity index (χ1v) is 9.31. The molecule has 3 amide bonds. The summed E-state index contributed by atoms with van der Waals surface area (Å²) in [6.45, 7) is 0.194. The zero-order valence-electron chi connectivity index (χ0n) is 14.0. The number of carbonyl (C=O) groups excluding carboxylic acids is 3. The largest absolute Gasteiger partial charge is 0.327 e. The minimum Gasteiger partial charge on any atom is -0.314 e. The third kappa shape index (κ3) is 3.75. The second-order valence-corrected chi connectivity index (χ2v) is 7.30. The van der Waals surface area contributed by atoms with Crippen molar-refractivity contribution in [2.45, 2.75) is 89.1 Å². The van der Waals surface area contributed by atoms with Gasteiger partial charge in [0, 0.05) is 24.9 Å². The molecule has 0 N–H and O–H groups in total. The topological polar surface area (TPSA) is 57.7 Å². The molecule has 3 fully saturated rings. The van der Waals surface area contributed by atoms with E-state index < -0.39 is 0 Å². The lowest BCUT2D eigenvalue weighted by atomic mass is 9.92. The van der Waals surface area contributed by atoms with E-state index in [0.717, 1.165) is 51.4 Å². The van der Waals surface area contributed by atoms with Crippen LogP contribution in [0.3, 0.4) is 0 Å². The fraction of sp³-hybridized carbons (Fsp3) is 0.833. The van der Waals surface area contributed by atoms with Gasteiger partial charge in [0.2, 0.25) is 5.91 Å². The van der Waals surface area contributed by atoms with Gasteiger partial charge in [0.1, 0.15) is 0 Å². The van der Waals surface area contributed by atoms with Crippen LogP contribution >= 0.6 is 0 Å². The first kappa shape index (κ1) is 16.5. The Kier molecular flexibility index (Phi) is 5.34.